The molecule has 0 bridgehead atoms. The molecule has 2 aromatic heterocycles. The van der Waals surface area contributed by atoms with Crippen molar-refractivity contribution in [1.82, 2.24) is 19.6 Å². The summed E-state index contributed by atoms with van der Waals surface area (Å²) >= 11 is 0. The maximum Gasteiger partial charge on any atom is 0.349 e. The van der Waals surface area contributed by atoms with E-state index in [1.807, 2.05) is 0 Å². The Labute approximate surface area is 104 Å². The monoisotopic (exact) mass is 251 g/mol. The van der Waals surface area contributed by atoms with Gasteiger partial charge in [0.05, 0.1) is 12.6 Å². The van der Waals surface area contributed by atoms with Crippen molar-refractivity contribution in [1.29, 1.82) is 0 Å². The molecule has 2 N–H and O–H groups in total. The molecule has 2 aromatic rings. The number of methoxy groups -OCH3 is 1. The lowest BCUT2D eigenvalue weighted by molar-refractivity contribution is 0.184. The van der Waals surface area contributed by atoms with Crippen LogP contribution in [0.3, 0.4) is 0 Å². The maximum absolute atomic E-state index is 11.5. The van der Waals surface area contributed by atoms with Gasteiger partial charge >= 0.3 is 5.69 Å². The average molecular weight is 251 g/mol. The number of hydrogen-bond acceptors (Lipinski definition) is 5. The number of fused-ring (bicyclic) bond motifs is 1. The van der Waals surface area contributed by atoms with Crippen LogP contribution in [0.2, 0.25) is 0 Å². The molecule has 7 nitrogen and oxygen atoms in total. The van der Waals surface area contributed by atoms with E-state index in [0.29, 0.717) is 23.9 Å². The number of H-pyrrole nitrogens is 1. The molecule has 1 atom stereocenters. The zero-order valence-corrected chi connectivity index (χ0v) is 10.7. The van der Waals surface area contributed by atoms with Gasteiger partial charge in [-0.15, -0.1) is 0 Å². The van der Waals surface area contributed by atoms with Crippen molar-refractivity contribution in [3.05, 3.63) is 22.4 Å². The summed E-state index contributed by atoms with van der Waals surface area (Å²) in [7, 11) is 1.67. The number of rotatable bonds is 5. The van der Waals surface area contributed by atoms with Gasteiger partial charge in [0.15, 0.2) is 5.65 Å². The topological polar surface area (TPSA) is 84.3 Å². The Bertz CT molecular complexity index is 589. The first kappa shape index (κ1) is 12.6. The molecule has 0 aliphatic heterocycles. The van der Waals surface area contributed by atoms with Crippen LogP contribution in [0.4, 0.5) is 5.82 Å². The Morgan fingerprint density at radius 1 is 1.61 bits per heavy atom. The fourth-order valence-electron chi connectivity index (χ4n) is 1.84. The van der Waals surface area contributed by atoms with Crippen molar-refractivity contribution >= 4 is 11.5 Å². The van der Waals surface area contributed by atoms with E-state index in [0.717, 1.165) is 6.42 Å². The molecule has 0 saturated carbocycles. The van der Waals surface area contributed by atoms with Gasteiger partial charge in [0, 0.05) is 13.2 Å². The molecule has 18 heavy (non-hydrogen) atoms. The lowest BCUT2D eigenvalue weighted by Crippen LogP contribution is -2.25. The minimum absolute atomic E-state index is 0.190. The highest BCUT2D eigenvalue weighted by atomic mass is 16.5. The van der Waals surface area contributed by atoms with Gasteiger partial charge in [-0.2, -0.15) is 5.10 Å². The summed E-state index contributed by atoms with van der Waals surface area (Å²) in [6.45, 7) is 4.45. The van der Waals surface area contributed by atoms with Crippen LogP contribution in [0.1, 0.15) is 19.2 Å². The first-order valence-electron chi connectivity index (χ1n) is 5.86. The van der Waals surface area contributed by atoms with E-state index >= 15 is 0 Å². The Hall–Kier alpha value is -1.89. The number of aryl methyl sites for hydroxylation is 1. The molecule has 1 unspecified atom stereocenters. The molecule has 0 aliphatic carbocycles. The summed E-state index contributed by atoms with van der Waals surface area (Å²) in [5, 5.41) is 9.60. The van der Waals surface area contributed by atoms with Crippen molar-refractivity contribution in [3.8, 4) is 0 Å². The number of aromatic nitrogens is 4. The minimum atomic E-state index is -0.273. The van der Waals surface area contributed by atoms with E-state index in [-0.39, 0.29) is 11.7 Å². The smallest absolute Gasteiger partial charge is 0.349 e. The summed E-state index contributed by atoms with van der Waals surface area (Å²) in [4.78, 5) is 15.8. The Morgan fingerprint density at radius 3 is 3.06 bits per heavy atom. The SMILES string of the molecule is CCC(COC)Nc1cc2n[nH]c(=O)n2c(C)n1. The lowest BCUT2D eigenvalue weighted by atomic mass is 10.2. The van der Waals surface area contributed by atoms with Crippen molar-refractivity contribution in [2.45, 2.75) is 26.3 Å². The second-order valence-corrected chi connectivity index (χ2v) is 4.12. The van der Waals surface area contributed by atoms with Crippen LogP contribution in [-0.2, 0) is 4.74 Å². The molecule has 2 rings (SSSR count). The normalized spacial score (nSPS) is 12.8. The summed E-state index contributed by atoms with van der Waals surface area (Å²) in [6, 6.07) is 1.93. The van der Waals surface area contributed by atoms with Gasteiger partial charge in [0.1, 0.15) is 11.6 Å². The van der Waals surface area contributed by atoms with Gasteiger partial charge in [0.25, 0.3) is 0 Å². The second kappa shape index (κ2) is 5.18. The largest absolute Gasteiger partial charge is 0.383 e. The quantitative estimate of drug-likeness (QED) is 0.811. The van der Waals surface area contributed by atoms with Crippen LogP contribution in [-0.4, -0.2) is 39.3 Å². The van der Waals surface area contributed by atoms with Crippen molar-refractivity contribution in [2.24, 2.45) is 0 Å². The van der Waals surface area contributed by atoms with E-state index in [2.05, 4.69) is 27.4 Å². The molecule has 98 valence electrons. The first-order valence-corrected chi connectivity index (χ1v) is 5.86. The molecule has 0 spiro atoms. The van der Waals surface area contributed by atoms with Crippen LogP contribution in [0.5, 0.6) is 0 Å². The van der Waals surface area contributed by atoms with Gasteiger partial charge in [-0.25, -0.2) is 19.3 Å². The van der Waals surface area contributed by atoms with Gasteiger partial charge < -0.3 is 10.1 Å². The average Bonchev–Trinajstić information content (AvgIpc) is 2.71. The molecular formula is C11H17N5O2. The van der Waals surface area contributed by atoms with Crippen LogP contribution in [0.25, 0.3) is 5.65 Å². The molecule has 7 heteroatoms. The fourth-order valence-corrected chi connectivity index (χ4v) is 1.84. The van der Waals surface area contributed by atoms with Gasteiger partial charge in [-0.3, -0.25) is 0 Å². The summed E-state index contributed by atoms with van der Waals surface area (Å²) < 4.78 is 6.55. The van der Waals surface area contributed by atoms with E-state index in [1.165, 1.54) is 4.40 Å². The van der Waals surface area contributed by atoms with Crippen molar-refractivity contribution < 1.29 is 4.74 Å². The molecular weight excluding hydrogens is 234 g/mol. The number of hydrogen-bond donors (Lipinski definition) is 2. The van der Waals surface area contributed by atoms with E-state index in [4.69, 9.17) is 4.74 Å². The first-order chi connectivity index (χ1) is 8.65. The molecule has 0 aliphatic rings. The van der Waals surface area contributed by atoms with Crippen LogP contribution < -0.4 is 11.0 Å². The fraction of sp³-hybridized carbons (Fsp3) is 0.545. The van der Waals surface area contributed by atoms with E-state index < -0.39 is 0 Å². The van der Waals surface area contributed by atoms with Gasteiger partial charge in [-0.05, 0) is 13.3 Å². The Kier molecular flexibility index (Phi) is 3.61. The van der Waals surface area contributed by atoms with Gasteiger partial charge in [0.2, 0.25) is 0 Å². The summed E-state index contributed by atoms with van der Waals surface area (Å²) in [5.74, 6) is 1.30. The molecule has 0 saturated heterocycles. The number of nitrogens with one attached hydrogen (secondary N) is 2. The number of nitrogens with zero attached hydrogens (tertiary/aromatic N) is 3. The maximum atomic E-state index is 11.5. The highest BCUT2D eigenvalue weighted by molar-refractivity contribution is 5.50. The summed E-state index contributed by atoms with van der Waals surface area (Å²) in [6.07, 6.45) is 0.924. The van der Waals surface area contributed by atoms with E-state index in [1.54, 1.807) is 20.1 Å². The van der Waals surface area contributed by atoms with E-state index in [9.17, 15) is 4.79 Å². The highest BCUT2D eigenvalue weighted by Crippen LogP contribution is 2.10. The number of ether oxygens (including phenoxy) is 1. The minimum Gasteiger partial charge on any atom is -0.383 e. The van der Waals surface area contributed by atoms with Crippen LogP contribution in [0.15, 0.2) is 10.9 Å². The van der Waals surface area contributed by atoms with Crippen LogP contribution >= 0.6 is 0 Å². The van der Waals surface area contributed by atoms with Crippen LogP contribution in [0, 0.1) is 6.92 Å². The van der Waals surface area contributed by atoms with Gasteiger partial charge in [-0.1, -0.05) is 6.92 Å². The summed E-state index contributed by atoms with van der Waals surface area (Å²) in [5.41, 5.74) is 0.285. The lowest BCUT2D eigenvalue weighted by Gasteiger charge is -2.16. The third-order valence-electron chi connectivity index (χ3n) is 2.78. The molecule has 0 fully saturated rings. The Morgan fingerprint density at radius 2 is 2.39 bits per heavy atom. The standard InChI is InChI=1S/C11H17N5O2/c1-4-8(6-18-3)13-9-5-10-14-15-11(17)16(10)7(2)12-9/h5,8,13H,4,6H2,1-3H3,(H,15,17). The highest BCUT2D eigenvalue weighted by Gasteiger charge is 2.10. The number of aromatic amines is 1. The third-order valence-corrected chi connectivity index (χ3v) is 2.78. The van der Waals surface area contributed by atoms with Crippen molar-refractivity contribution in [3.63, 3.8) is 0 Å². The molecule has 0 aromatic carbocycles. The third kappa shape index (κ3) is 2.35. The number of anilines is 1. The molecule has 0 amide bonds. The predicted octanol–water partition coefficient (Wildman–Crippen LogP) is 0.563. The molecule has 2 heterocycles. The Balaban J connectivity index is 2.32. The van der Waals surface area contributed by atoms with Crippen molar-refractivity contribution in [2.75, 3.05) is 19.0 Å². The molecule has 0 radical (unpaired) electrons. The second-order valence-electron chi connectivity index (χ2n) is 4.12. The zero-order chi connectivity index (χ0) is 13.1. The predicted molar refractivity (Wildman–Crippen MR) is 67.9 cm³/mol. The zero-order valence-electron chi connectivity index (χ0n) is 10.7.